The molecular formula is C25H43F5NOP. The van der Waals surface area contributed by atoms with Crippen LogP contribution < -0.4 is 5.32 Å². The second-order valence-corrected chi connectivity index (χ2v) is 8.32. The number of hydrogen-bond acceptors (Lipinski definition) is 2. The van der Waals surface area contributed by atoms with Crippen LogP contribution in [0.4, 0.5) is 22.0 Å². The van der Waals surface area contributed by atoms with Gasteiger partial charge in [-0.1, -0.05) is 90.8 Å². The van der Waals surface area contributed by atoms with E-state index in [4.69, 9.17) is 5.11 Å². The van der Waals surface area contributed by atoms with E-state index in [2.05, 4.69) is 43.1 Å². The summed E-state index contributed by atoms with van der Waals surface area (Å²) in [6, 6.07) is 0.736. The van der Waals surface area contributed by atoms with E-state index in [1.54, 1.807) is 6.08 Å². The smallest absolute Gasteiger partial charge is 0.392 e. The molecule has 1 aliphatic heterocycles. The molecule has 0 aromatic carbocycles. The van der Waals surface area contributed by atoms with Crippen molar-refractivity contribution >= 4 is 9.24 Å². The van der Waals surface area contributed by atoms with Crippen LogP contribution in [-0.4, -0.2) is 36.1 Å². The van der Waals surface area contributed by atoms with Crippen molar-refractivity contribution in [1.29, 1.82) is 0 Å². The highest BCUT2D eigenvalue weighted by molar-refractivity contribution is 7.18. The van der Waals surface area contributed by atoms with Crippen molar-refractivity contribution in [3.8, 4) is 0 Å². The average Bonchev–Trinajstić information content (AvgIpc) is 2.72. The Balaban J connectivity index is -0.000000398. The molecule has 194 valence electrons. The summed E-state index contributed by atoms with van der Waals surface area (Å²) in [6.45, 7) is 10.3. The van der Waals surface area contributed by atoms with Crippen LogP contribution in [0.5, 0.6) is 0 Å². The minimum Gasteiger partial charge on any atom is -0.392 e. The zero-order valence-electron chi connectivity index (χ0n) is 20.4. The zero-order chi connectivity index (χ0) is 26.2. The minimum atomic E-state index is -4.19. The lowest BCUT2D eigenvalue weighted by molar-refractivity contribution is -0.156. The summed E-state index contributed by atoms with van der Waals surface area (Å²) in [5.74, 6) is -1.47. The number of nitrogens with one attached hydrogen (secondary N) is 1. The van der Waals surface area contributed by atoms with Crippen LogP contribution >= 0.6 is 9.24 Å². The molecule has 2 N–H and O–H groups in total. The van der Waals surface area contributed by atoms with Crippen LogP contribution in [0.3, 0.4) is 0 Å². The Kier molecular flexibility index (Phi) is 26.2. The molecule has 0 aromatic rings. The monoisotopic (exact) mass is 499 g/mol. The third-order valence-corrected chi connectivity index (χ3v) is 3.83. The normalized spacial score (nSPS) is 17.7. The van der Waals surface area contributed by atoms with E-state index in [9.17, 15) is 22.0 Å². The van der Waals surface area contributed by atoms with Crippen molar-refractivity contribution in [2.24, 2.45) is 5.92 Å². The highest BCUT2D eigenvalue weighted by Crippen LogP contribution is 2.26. The molecule has 0 aromatic heterocycles. The lowest BCUT2D eigenvalue weighted by atomic mass is 10.0. The van der Waals surface area contributed by atoms with Crippen molar-refractivity contribution in [1.82, 2.24) is 5.32 Å². The molecule has 1 rings (SSSR count). The predicted octanol–water partition coefficient (Wildman–Crippen LogP) is 8.00. The first-order chi connectivity index (χ1) is 15.3. The maximum absolute atomic E-state index is 11.6. The van der Waals surface area contributed by atoms with Crippen LogP contribution in [0.1, 0.15) is 59.8 Å². The van der Waals surface area contributed by atoms with Gasteiger partial charge in [0, 0.05) is 13.0 Å². The third kappa shape index (κ3) is 38.3. The Morgan fingerprint density at radius 1 is 1.09 bits per heavy atom. The minimum absolute atomic E-state index is 0.347. The van der Waals surface area contributed by atoms with Crippen molar-refractivity contribution in [2.75, 3.05) is 13.2 Å². The second kappa shape index (κ2) is 23.8. The van der Waals surface area contributed by atoms with E-state index in [1.165, 1.54) is 41.5 Å². The molecule has 0 spiro atoms. The highest BCUT2D eigenvalue weighted by Gasteiger charge is 2.33. The lowest BCUT2D eigenvalue weighted by Gasteiger charge is -2.21. The van der Waals surface area contributed by atoms with E-state index >= 15 is 0 Å². The lowest BCUT2D eigenvalue weighted by Crippen LogP contribution is -2.33. The molecule has 2 unspecified atom stereocenters. The number of aliphatic hydroxyl groups excluding tert-OH is 1. The van der Waals surface area contributed by atoms with Gasteiger partial charge in [0.25, 0.3) is 5.66 Å². The molecule has 1 aliphatic rings. The quantitative estimate of drug-likeness (QED) is 0.161. The molecule has 8 heteroatoms. The van der Waals surface area contributed by atoms with Gasteiger partial charge in [-0.3, -0.25) is 0 Å². The van der Waals surface area contributed by atoms with Gasteiger partial charge >= 0.3 is 6.18 Å². The highest BCUT2D eigenvalue weighted by atomic mass is 31.0. The first-order valence-corrected chi connectivity index (χ1v) is 11.7. The topological polar surface area (TPSA) is 32.3 Å². The molecule has 0 radical (unpaired) electrons. The van der Waals surface area contributed by atoms with E-state index in [0.29, 0.717) is 0 Å². The van der Waals surface area contributed by atoms with Gasteiger partial charge in [0.15, 0.2) is 0 Å². The van der Waals surface area contributed by atoms with Gasteiger partial charge in [0.05, 0.1) is 12.5 Å². The van der Waals surface area contributed by atoms with Crippen molar-refractivity contribution < 1.29 is 27.1 Å². The summed E-state index contributed by atoms with van der Waals surface area (Å²) in [5.41, 5.74) is -2.58. The fourth-order valence-corrected chi connectivity index (χ4v) is 2.17. The molecule has 0 aliphatic carbocycles. The van der Waals surface area contributed by atoms with Gasteiger partial charge in [-0.05, 0) is 39.2 Å². The molecule has 0 amide bonds. The molecule has 3 atom stereocenters. The SMILES string of the molecule is C=C/C=C\C.CC(/C=C/CO)C(F)(F)F.CC(F)(F)P.CC/C=C\C=C/C[C@H]1CCCCN1. The summed E-state index contributed by atoms with van der Waals surface area (Å²) in [7, 11) is 1.38. The number of allylic oxidation sites excluding steroid dienone is 7. The summed E-state index contributed by atoms with van der Waals surface area (Å²) in [5, 5.41) is 11.7. The van der Waals surface area contributed by atoms with Crippen LogP contribution in [0, 0.1) is 5.92 Å². The Hall–Kier alpha value is -1.30. The Labute approximate surface area is 200 Å². The molecule has 1 saturated heterocycles. The van der Waals surface area contributed by atoms with Crippen LogP contribution in [0.25, 0.3) is 0 Å². The number of piperidine rings is 1. The molecular weight excluding hydrogens is 456 g/mol. The first kappa shape index (κ1) is 36.3. The fraction of sp³-hybridized carbons (Fsp3) is 0.600. The van der Waals surface area contributed by atoms with E-state index in [0.717, 1.165) is 38.5 Å². The van der Waals surface area contributed by atoms with Gasteiger partial charge < -0.3 is 10.4 Å². The number of rotatable bonds is 7. The third-order valence-electron chi connectivity index (χ3n) is 3.83. The van der Waals surface area contributed by atoms with Gasteiger partial charge in [-0.15, -0.1) is 0 Å². The maximum atomic E-state index is 11.6. The molecule has 1 fully saturated rings. The van der Waals surface area contributed by atoms with Crippen LogP contribution in [0.15, 0.2) is 61.3 Å². The fourth-order valence-electron chi connectivity index (χ4n) is 2.17. The number of hydrogen-bond donors (Lipinski definition) is 2. The Morgan fingerprint density at radius 3 is 2.03 bits per heavy atom. The molecule has 2 nitrogen and oxygen atoms in total. The van der Waals surface area contributed by atoms with Gasteiger partial charge in [-0.2, -0.15) is 13.2 Å². The summed E-state index contributed by atoms with van der Waals surface area (Å²) in [4.78, 5) is 0. The Morgan fingerprint density at radius 2 is 1.67 bits per heavy atom. The van der Waals surface area contributed by atoms with Crippen molar-refractivity contribution in [2.45, 2.75) is 77.7 Å². The second-order valence-electron chi connectivity index (χ2n) is 7.31. The van der Waals surface area contributed by atoms with E-state index in [-0.39, 0.29) is 6.61 Å². The van der Waals surface area contributed by atoms with Crippen LogP contribution in [0.2, 0.25) is 0 Å². The van der Waals surface area contributed by atoms with E-state index < -0.39 is 17.8 Å². The molecule has 0 bridgehead atoms. The Bertz CT molecular complexity index is 540. The van der Waals surface area contributed by atoms with Crippen molar-refractivity contribution in [3.63, 3.8) is 0 Å². The average molecular weight is 500 g/mol. The molecule has 0 saturated carbocycles. The number of halogens is 5. The zero-order valence-corrected chi connectivity index (χ0v) is 21.6. The standard InChI is InChI=1S/C12H21N.C6H9F3O.C5H8.C2H5F2P/c1-2-3-4-5-6-9-12-10-7-8-11-13-12;1-5(3-2-4-10)6(7,8)9;1-3-5-4-2;1-2(3,4)5/h3-6,12-13H,2,7-11H2,1H3;2-3,5,10H,4H2,1H3;3-5H,1H2,2H3;5H2,1H3/b4-3-,6-5-;3-2+;5-4-;/t12-;;;/m0.../s1. The van der Waals surface area contributed by atoms with Gasteiger partial charge in [0.2, 0.25) is 0 Å². The maximum Gasteiger partial charge on any atom is 0.394 e. The first-order valence-electron chi connectivity index (χ1n) is 11.1. The molecule has 33 heavy (non-hydrogen) atoms. The largest absolute Gasteiger partial charge is 0.394 e. The summed E-state index contributed by atoms with van der Waals surface area (Å²) < 4.78 is 56.9. The number of aliphatic hydroxyl groups is 1. The molecule has 1 heterocycles. The summed E-state index contributed by atoms with van der Waals surface area (Å²) in [6.07, 6.45) is 18.6. The van der Waals surface area contributed by atoms with E-state index in [1.807, 2.05) is 19.1 Å². The van der Waals surface area contributed by atoms with Crippen molar-refractivity contribution in [3.05, 3.63) is 61.3 Å². The van der Waals surface area contributed by atoms with Gasteiger partial charge in [0.1, 0.15) is 0 Å². The predicted molar refractivity (Wildman–Crippen MR) is 136 cm³/mol. The van der Waals surface area contributed by atoms with Gasteiger partial charge in [-0.25, -0.2) is 8.78 Å². The summed E-state index contributed by atoms with van der Waals surface area (Å²) >= 11 is 0. The van der Waals surface area contributed by atoms with Crippen LogP contribution in [-0.2, 0) is 0 Å². The number of alkyl halides is 5.